The van der Waals surface area contributed by atoms with E-state index in [0.29, 0.717) is 11.8 Å². The van der Waals surface area contributed by atoms with Gasteiger partial charge in [0.25, 0.3) is 0 Å². The molecule has 1 aliphatic rings. The molecule has 1 saturated carbocycles. The van der Waals surface area contributed by atoms with Crippen molar-refractivity contribution in [2.24, 2.45) is 5.73 Å². The van der Waals surface area contributed by atoms with Gasteiger partial charge in [0, 0.05) is 0 Å². The minimum atomic E-state index is -0.793. The second-order valence-corrected chi connectivity index (χ2v) is 3.87. The zero-order chi connectivity index (χ0) is 10.7. The summed E-state index contributed by atoms with van der Waals surface area (Å²) in [6.45, 7) is 0. The molecule has 82 valence electrons. The number of carbonyl (C=O) groups excluding carboxylic acids is 1. The third-order valence-corrected chi connectivity index (χ3v) is 2.75. The molecule has 0 radical (unpaired) electrons. The van der Waals surface area contributed by atoms with E-state index in [4.69, 9.17) is 10.5 Å². The molecule has 0 atom stereocenters. The first-order chi connectivity index (χ1) is 7.25. The van der Waals surface area contributed by atoms with E-state index in [-0.39, 0.29) is 0 Å². The highest BCUT2D eigenvalue weighted by Gasteiger charge is 2.16. The third kappa shape index (κ3) is 2.49. The van der Waals surface area contributed by atoms with Gasteiger partial charge in [0.2, 0.25) is 0 Å². The van der Waals surface area contributed by atoms with Crippen LogP contribution in [0.3, 0.4) is 0 Å². The molecule has 0 unspecified atom stereocenters. The van der Waals surface area contributed by atoms with E-state index in [1.165, 1.54) is 25.5 Å². The highest BCUT2D eigenvalue weighted by molar-refractivity contribution is 5.67. The van der Waals surface area contributed by atoms with Crippen LogP contribution in [0.1, 0.15) is 38.1 Å². The summed E-state index contributed by atoms with van der Waals surface area (Å²) in [5, 5.41) is 4.18. The molecule has 1 aromatic rings. The van der Waals surface area contributed by atoms with Crippen LogP contribution in [-0.2, 0) is 0 Å². The Kier molecular flexibility index (Phi) is 2.89. The fourth-order valence-corrected chi connectivity index (χ4v) is 2.03. The van der Waals surface area contributed by atoms with Gasteiger partial charge in [0.05, 0.1) is 18.4 Å². The number of nitrogens with zero attached hydrogens (tertiary/aromatic N) is 2. The number of aromatic nitrogens is 2. The first-order valence-corrected chi connectivity index (χ1v) is 5.27. The molecule has 0 aliphatic heterocycles. The lowest BCUT2D eigenvalue weighted by Crippen LogP contribution is -2.16. The van der Waals surface area contributed by atoms with Gasteiger partial charge in [-0.2, -0.15) is 5.10 Å². The van der Waals surface area contributed by atoms with Crippen LogP contribution >= 0.6 is 0 Å². The molecule has 5 heteroatoms. The summed E-state index contributed by atoms with van der Waals surface area (Å²) in [6.07, 6.45) is 8.57. The Morgan fingerprint density at radius 2 is 2.20 bits per heavy atom. The second kappa shape index (κ2) is 4.33. The molecular formula is C10H15N3O2. The molecule has 2 N–H and O–H groups in total. The minimum Gasteiger partial charge on any atom is -0.407 e. The number of primary amides is 1. The Bertz CT molecular complexity index is 342. The van der Waals surface area contributed by atoms with Gasteiger partial charge in [0.15, 0.2) is 5.75 Å². The Balaban J connectivity index is 2.02. The number of nitrogens with two attached hydrogens (primary N) is 1. The van der Waals surface area contributed by atoms with Gasteiger partial charge in [-0.1, -0.05) is 19.3 Å². The lowest BCUT2D eigenvalue weighted by atomic mass is 9.96. The van der Waals surface area contributed by atoms with Crippen molar-refractivity contribution in [1.82, 2.24) is 9.78 Å². The van der Waals surface area contributed by atoms with E-state index < -0.39 is 6.09 Å². The predicted molar refractivity (Wildman–Crippen MR) is 54.6 cm³/mol. The average molecular weight is 209 g/mol. The van der Waals surface area contributed by atoms with Crippen molar-refractivity contribution in [3.8, 4) is 5.75 Å². The SMILES string of the molecule is NC(=O)Oc1cnn(C2CCCCC2)c1. The third-order valence-electron chi connectivity index (χ3n) is 2.75. The maximum absolute atomic E-state index is 10.5. The summed E-state index contributed by atoms with van der Waals surface area (Å²) in [5.41, 5.74) is 4.91. The Morgan fingerprint density at radius 3 is 2.87 bits per heavy atom. The maximum Gasteiger partial charge on any atom is 0.410 e. The molecule has 0 bridgehead atoms. The van der Waals surface area contributed by atoms with Crippen LogP contribution in [0, 0.1) is 0 Å². The molecule has 0 aromatic carbocycles. The minimum absolute atomic E-state index is 0.424. The van der Waals surface area contributed by atoms with Crippen molar-refractivity contribution in [3.63, 3.8) is 0 Å². The predicted octanol–water partition coefficient (Wildman–Crippen LogP) is 1.85. The number of carbonyl (C=O) groups is 1. The van der Waals surface area contributed by atoms with Gasteiger partial charge in [-0.05, 0) is 12.8 Å². The highest BCUT2D eigenvalue weighted by atomic mass is 16.5. The summed E-state index contributed by atoms with van der Waals surface area (Å²) in [7, 11) is 0. The summed E-state index contributed by atoms with van der Waals surface area (Å²) in [6, 6.07) is 0.448. The molecule has 15 heavy (non-hydrogen) atoms. The standard InChI is InChI=1S/C10H15N3O2/c11-10(14)15-9-6-12-13(7-9)8-4-2-1-3-5-8/h6-8H,1-5H2,(H2,11,14). The van der Waals surface area contributed by atoms with Crippen molar-refractivity contribution in [1.29, 1.82) is 0 Å². The zero-order valence-corrected chi connectivity index (χ0v) is 8.56. The summed E-state index contributed by atoms with van der Waals surface area (Å²) in [4.78, 5) is 10.5. The molecule has 1 aromatic heterocycles. The van der Waals surface area contributed by atoms with Crippen molar-refractivity contribution in [3.05, 3.63) is 12.4 Å². The van der Waals surface area contributed by atoms with E-state index in [0.717, 1.165) is 12.8 Å². The Labute approximate surface area is 88.2 Å². The molecule has 1 aliphatic carbocycles. The first kappa shape index (κ1) is 10.0. The molecule has 1 heterocycles. The second-order valence-electron chi connectivity index (χ2n) is 3.87. The van der Waals surface area contributed by atoms with E-state index >= 15 is 0 Å². The molecular weight excluding hydrogens is 194 g/mol. The van der Waals surface area contributed by atoms with Gasteiger partial charge in [-0.25, -0.2) is 4.79 Å². The fraction of sp³-hybridized carbons (Fsp3) is 0.600. The van der Waals surface area contributed by atoms with Crippen LogP contribution in [-0.4, -0.2) is 15.9 Å². The molecule has 0 spiro atoms. The summed E-state index contributed by atoms with van der Waals surface area (Å²) >= 11 is 0. The Hall–Kier alpha value is -1.52. The monoisotopic (exact) mass is 209 g/mol. The van der Waals surface area contributed by atoms with E-state index in [1.807, 2.05) is 4.68 Å². The first-order valence-electron chi connectivity index (χ1n) is 5.27. The Morgan fingerprint density at radius 1 is 1.47 bits per heavy atom. The van der Waals surface area contributed by atoms with E-state index in [2.05, 4.69) is 5.10 Å². The van der Waals surface area contributed by atoms with Crippen molar-refractivity contribution >= 4 is 6.09 Å². The topological polar surface area (TPSA) is 70.1 Å². The summed E-state index contributed by atoms with van der Waals surface area (Å²) < 4.78 is 6.61. The lowest BCUT2D eigenvalue weighted by Gasteiger charge is -2.21. The quantitative estimate of drug-likeness (QED) is 0.808. The number of rotatable bonds is 2. The smallest absolute Gasteiger partial charge is 0.407 e. The highest BCUT2D eigenvalue weighted by Crippen LogP contribution is 2.28. The number of amides is 1. The van der Waals surface area contributed by atoms with Crippen LogP contribution in [0.2, 0.25) is 0 Å². The molecule has 1 fully saturated rings. The van der Waals surface area contributed by atoms with E-state index in [1.54, 1.807) is 6.20 Å². The largest absolute Gasteiger partial charge is 0.410 e. The average Bonchev–Trinajstić information content (AvgIpc) is 2.67. The number of hydrogen-bond acceptors (Lipinski definition) is 3. The van der Waals surface area contributed by atoms with Gasteiger partial charge in [-0.3, -0.25) is 4.68 Å². The van der Waals surface area contributed by atoms with Crippen LogP contribution in [0.5, 0.6) is 5.75 Å². The van der Waals surface area contributed by atoms with Crippen LogP contribution in [0.25, 0.3) is 0 Å². The van der Waals surface area contributed by atoms with Crippen molar-refractivity contribution < 1.29 is 9.53 Å². The molecule has 5 nitrogen and oxygen atoms in total. The lowest BCUT2D eigenvalue weighted by molar-refractivity contribution is 0.210. The van der Waals surface area contributed by atoms with E-state index in [9.17, 15) is 4.79 Å². The molecule has 1 amide bonds. The van der Waals surface area contributed by atoms with Crippen LogP contribution in [0.4, 0.5) is 4.79 Å². The van der Waals surface area contributed by atoms with Gasteiger partial charge < -0.3 is 10.5 Å². The number of ether oxygens (including phenoxy) is 1. The van der Waals surface area contributed by atoms with Gasteiger partial charge >= 0.3 is 6.09 Å². The zero-order valence-electron chi connectivity index (χ0n) is 8.56. The van der Waals surface area contributed by atoms with Crippen molar-refractivity contribution in [2.75, 3.05) is 0 Å². The number of hydrogen-bond donors (Lipinski definition) is 1. The van der Waals surface area contributed by atoms with Gasteiger partial charge in [-0.15, -0.1) is 0 Å². The summed E-state index contributed by atoms with van der Waals surface area (Å²) in [5.74, 6) is 0.424. The maximum atomic E-state index is 10.5. The molecule has 2 rings (SSSR count). The molecule has 0 saturated heterocycles. The van der Waals surface area contributed by atoms with Crippen LogP contribution in [0.15, 0.2) is 12.4 Å². The van der Waals surface area contributed by atoms with Crippen LogP contribution < -0.4 is 10.5 Å². The van der Waals surface area contributed by atoms with Gasteiger partial charge in [0.1, 0.15) is 0 Å². The fourth-order valence-electron chi connectivity index (χ4n) is 2.03. The normalized spacial score (nSPS) is 17.6. The van der Waals surface area contributed by atoms with Crippen molar-refractivity contribution in [2.45, 2.75) is 38.1 Å².